The lowest BCUT2D eigenvalue weighted by Gasteiger charge is -2.29. The minimum Gasteiger partial charge on any atom is -0.355 e. The van der Waals surface area contributed by atoms with Crippen LogP contribution in [0.1, 0.15) is 12.5 Å². The summed E-state index contributed by atoms with van der Waals surface area (Å²) in [4.78, 5) is 18.5. The van der Waals surface area contributed by atoms with Gasteiger partial charge in [0.1, 0.15) is 24.1 Å². The van der Waals surface area contributed by atoms with Crippen molar-refractivity contribution >= 4 is 34.4 Å². The van der Waals surface area contributed by atoms with Crippen molar-refractivity contribution in [1.82, 2.24) is 9.97 Å². The molecule has 2 aromatic carbocycles. The molecule has 6 heteroatoms. The minimum absolute atomic E-state index is 0.187. The Morgan fingerprint density at radius 2 is 1.43 bits per heavy atom. The van der Waals surface area contributed by atoms with Crippen LogP contribution in [-0.2, 0) is 0 Å². The van der Waals surface area contributed by atoms with E-state index in [0.29, 0.717) is 0 Å². The Balaban J connectivity index is 1.62. The topological polar surface area (TPSA) is 38.7 Å². The summed E-state index contributed by atoms with van der Waals surface area (Å²) < 4.78 is 0. The lowest BCUT2D eigenvalue weighted by atomic mass is 10.2. The summed E-state index contributed by atoms with van der Waals surface area (Å²) >= 11 is 0. The molecule has 2 aliphatic rings. The molecule has 0 fully saturated rings. The number of nitrogens with zero attached hydrogens (tertiary/aromatic N) is 6. The van der Waals surface area contributed by atoms with E-state index in [1.54, 1.807) is 6.33 Å². The lowest BCUT2D eigenvalue weighted by Crippen LogP contribution is -2.36. The second kappa shape index (κ2) is 6.12. The van der Waals surface area contributed by atoms with Gasteiger partial charge in [-0.3, -0.25) is 0 Å². The summed E-state index contributed by atoms with van der Waals surface area (Å²) in [6.07, 6.45) is 1.87. The maximum Gasteiger partial charge on any atom is 0.143 e. The molecule has 142 valence electrons. The van der Waals surface area contributed by atoms with Crippen LogP contribution in [0.2, 0.25) is 0 Å². The maximum atomic E-state index is 4.70. The first-order chi connectivity index (χ1) is 13.6. The third kappa shape index (κ3) is 2.27. The molecule has 1 aromatic heterocycles. The molecule has 0 amide bonds. The zero-order valence-corrected chi connectivity index (χ0v) is 16.7. The number of aromatic nitrogens is 2. The molecule has 0 radical (unpaired) electrons. The highest BCUT2D eigenvalue weighted by molar-refractivity contribution is 5.86. The summed E-state index contributed by atoms with van der Waals surface area (Å²) in [6, 6.07) is 17.0. The molecule has 0 saturated carbocycles. The number of para-hydroxylation sites is 4. The van der Waals surface area contributed by atoms with E-state index in [0.717, 1.165) is 23.9 Å². The van der Waals surface area contributed by atoms with Gasteiger partial charge in [0.25, 0.3) is 0 Å². The molecular formula is C22H24N6. The van der Waals surface area contributed by atoms with Gasteiger partial charge in [-0.05, 0) is 38.1 Å². The van der Waals surface area contributed by atoms with Crippen LogP contribution in [0.5, 0.6) is 0 Å². The van der Waals surface area contributed by atoms with Gasteiger partial charge in [0, 0.05) is 19.7 Å². The molecule has 28 heavy (non-hydrogen) atoms. The zero-order valence-electron chi connectivity index (χ0n) is 16.7. The van der Waals surface area contributed by atoms with Gasteiger partial charge in [-0.2, -0.15) is 0 Å². The highest BCUT2D eigenvalue weighted by Crippen LogP contribution is 2.46. The van der Waals surface area contributed by atoms with Crippen LogP contribution in [0.4, 0.5) is 34.4 Å². The number of benzene rings is 2. The number of rotatable bonds is 2. The molecule has 5 rings (SSSR count). The summed E-state index contributed by atoms with van der Waals surface area (Å²) in [5, 5.41) is 0. The van der Waals surface area contributed by atoms with Gasteiger partial charge in [-0.25, -0.2) is 9.97 Å². The van der Waals surface area contributed by atoms with E-state index in [2.05, 4.69) is 101 Å². The first-order valence-corrected chi connectivity index (χ1v) is 9.58. The number of hydrogen-bond donors (Lipinski definition) is 0. The second-order valence-electron chi connectivity index (χ2n) is 7.50. The van der Waals surface area contributed by atoms with Crippen LogP contribution >= 0.6 is 0 Å². The van der Waals surface area contributed by atoms with Crippen molar-refractivity contribution < 1.29 is 0 Å². The molecule has 6 nitrogen and oxygen atoms in total. The Bertz CT molecular complexity index is 1050. The van der Waals surface area contributed by atoms with Crippen molar-refractivity contribution in [1.29, 1.82) is 0 Å². The molecular weight excluding hydrogens is 348 g/mol. The number of hydrogen-bond acceptors (Lipinski definition) is 6. The first-order valence-electron chi connectivity index (χ1n) is 9.58. The predicted octanol–water partition coefficient (Wildman–Crippen LogP) is 4.26. The average Bonchev–Trinajstić information content (AvgIpc) is 3.18. The van der Waals surface area contributed by atoms with Crippen LogP contribution in [-0.4, -0.2) is 36.9 Å². The standard InChI is InChI=1S/C22H24N6/c1-15-21(27-14-25(3)17-9-5-7-11-19(17)27)23-13-24-22(15)28-16(2)26(4)18-10-6-8-12-20(18)28/h5-13,16H,14H2,1-4H3/t16-/m0/s1. The minimum atomic E-state index is 0.187. The summed E-state index contributed by atoms with van der Waals surface area (Å²) in [5.74, 6) is 1.92. The van der Waals surface area contributed by atoms with Gasteiger partial charge < -0.3 is 19.6 Å². The molecule has 0 spiro atoms. The van der Waals surface area contributed by atoms with Crippen LogP contribution in [0.25, 0.3) is 0 Å². The Labute approximate surface area is 165 Å². The molecule has 1 atom stereocenters. The SMILES string of the molecule is Cc1c(N2CN(C)c3ccccc32)ncnc1N1c2ccccc2N(C)[C@@H]1C. The van der Waals surface area contributed by atoms with Crippen molar-refractivity contribution in [2.75, 3.05) is 40.4 Å². The quantitative estimate of drug-likeness (QED) is 0.669. The molecule has 0 unspecified atom stereocenters. The largest absolute Gasteiger partial charge is 0.355 e. The third-order valence-corrected chi connectivity index (χ3v) is 5.91. The number of anilines is 6. The summed E-state index contributed by atoms with van der Waals surface area (Å²) in [5.41, 5.74) is 5.90. The van der Waals surface area contributed by atoms with Crippen LogP contribution < -0.4 is 19.6 Å². The average molecular weight is 372 g/mol. The van der Waals surface area contributed by atoms with Crippen molar-refractivity contribution in [3.63, 3.8) is 0 Å². The van der Waals surface area contributed by atoms with Gasteiger partial charge in [0.2, 0.25) is 0 Å². The molecule has 2 aliphatic heterocycles. The normalized spacial score (nSPS) is 17.9. The molecule has 0 bridgehead atoms. The summed E-state index contributed by atoms with van der Waals surface area (Å²) in [7, 11) is 4.25. The maximum absolute atomic E-state index is 4.70. The van der Waals surface area contributed by atoms with Gasteiger partial charge in [-0.15, -0.1) is 0 Å². The van der Waals surface area contributed by atoms with Gasteiger partial charge >= 0.3 is 0 Å². The highest BCUT2D eigenvalue weighted by atomic mass is 15.4. The predicted molar refractivity (Wildman–Crippen MR) is 115 cm³/mol. The van der Waals surface area contributed by atoms with Gasteiger partial charge in [-0.1, -0.05) is 24.3 Å². The van der Waals surface area contributed by atoms with Crippen molar-refractivity contribution in [2.24, 2.45) is 0 Å². The van der Waals surface area contributed by atoms with Crippen molar-refractivity contribution in [3.05, 3.63) is 60.4 Å². The molecule has 0 N–H and O–H groups in total. The Hall–Kier alpha value is -3.28. The third-order valence-electron chi connectivity index (χ3n) is 5.91. The first kappa shape index (κ1) is 16.9. The molecule has 3 aromatic rings. The van der Waals surface area contributed by atoms with E-state index < -0.39 is 0 Å². The zero-order chi connectivity index (χ0) is 19.4. The Morgan fingerprint density at radius 3 is 2.18 bits per heavy atom. The molecule has 3 heterocycles. The number of fused-ring (bicyclic) bond motifs is 2. The fraction of sp³-hybridized carbons (Fsp3) is 0.273. The van der Waals surface area contributed by atoms with E-state index in [1.165, 1.54) is 22.7 Å². The van der Waals surface area contributed by atoms with E-state index in [9.17, 15) is 0 Å². The van der Waals surface area contributed by atoms with E-state index in [4.69, 9.17) is 4.98 Å². The fourth-order valence-corrected chi connectivity index (χ4v) is 4.34. The van der Waals surface area contributed by atoms with Crippen LogP contribution in [0.3, 0.4) is 0 Å². The van der Waals surface area contributed by atoms with Crippen molar-refractivity contribution in [3.8, 4) is 0 Å². The van der Waals surface area contributed by atoms with Crippen LogP contribution in [0.15, 0.2) is 54.9 Å². The Kier molecular flexibility index (Phi) is 3.69. The monoisotopic (exact) mass is 372 g/mol. The van der Waals surface area contributed by atoms with E-state index in [-0.39, 0.29) is 6.17 Å². The van der Waals surface area contributed by atoms with Gasteiger partial charge in [0.05, 0.1) is 29.4 Å². The summed E-state index contributed by atoms with van der Waals surface area (Å²) in [6.45, 7) is 5.11. The second-order valence-corrected chi connectivity index (χ2v) is 7.50. The highest BCUT2D eigenvalue weighted by Gasteiger charge is 2.34. The van der Waals surface area contributed by atoms with Crippen LogP contribution in [0, 0.1) is 6.92 Å². The van der Waals surface area contributed by atoms with E-state index >= 15 is 0 Å². The fourth-order valence-electron chi connectivity index (χ4n) is 4.34. The molecule has 0 aliphatic carbocycles. The molecule has 0 saturated heterocycles. The van der Waals surface area contributed by atoms with Crippen molar-refractivity contribution in [2.45, 2.75) is 20.0 Å². The Morgan fingerprint density at radius 1 is 0.821 bits per heavy atom. The van der Waals surface area contributed by atoms with Gasteiger partial charge in [0.15, 0.2) is 0 Å². The van der Waals surface area contributed by atoms with E-state index in [1.807, 2.05) is 0 Å². The smallest absolute Gasteiger partial charge is 0.143 e. The lowest BCUT2D eigenvalue weighted by molar-refractivity contribution is 0.723.